The zero-order valence-corrected chi connectivity index (χ0v) is 19.4. The molecular formula is C26H32N2O5. The average molecular weight is 453 g/mol. The van der Waals surface area contributed by atoms with Crippen LogP contribution < -0.4 is 0 Å². The highest BCUT2D eigenvalue weighted by atomic mass is 16.6. The van der Waals surface area contributed by atoms with Crippen molar-refractivity contribution in [2.45, 2.75) is 57.7 Å². The molecule has 1 saturated heterocycles. The van der Waals surface area contributed by atoms with Crippen molar-refractivity contribution in [1.82, 2.24) is 9.80 Å². The van der Waals surface area contributed by atoms with Gasteiger partial charge in [0.15, 0.2) is 0 Å². The van der Waals surface area contributed by atoms with Gasteiger partial charge in [0.2, 0.25) is 0 Å². The minimum atomic E-state index is -1.04. The van der Waals surface area contributed by atoms with Gasteiger partial charge in [0, 0.05) is 31.1 Å². The minimum Gasteiger partial charge on any atom is -0.480 e. The number of hydrogen-bond acceptors (Lipinski definition) is 4. The Morgan fingerprint density at radius 1 is 1.00 bits per heavy atom. The van der Waals surface area contributed by atoms with E-state index in [9.17, 15) is 19.5 Å². The lowest BCUT2D eigenvalue weighted by molar-refractivity contribution is -0.143. The minimum absolute atomic E-state index is 0.209. The monoisotopic (exact) mass is 452 g/mol. The van der Waals surface area contributed by atoms with E-state index in [1.54, 1.807) is 29.2 Å². The summed E-state index contributed by atoms with van der Waals surface area (Å²) < 4.78 is 5.47. The summed E-state index contributed by atoms with van der Waals surface area (Å²) in [7, 11) is 0. The summed E-state index contributed by atoms with van der Waals surface area (Å²) in [5.74, 6) is -1.35. The summed E-state index contributed by atoms with van der Waals surface area (Å²) >= 11 is 0. The topological polar surface area (TPSA) is 87.2 Å². The number of amides is 2. The van der Waals surface area contributed by atoms with Crippen LogP contribution in [0.2, 0.25) is 0 Å². The smallest absolute Gasteiger partial charge is 0.410 e. The Bertz CT molecular complexity index is 948. The molecule has 0 unspecified atom stereocenters. The van der Waals surface area contributed by atoms with Crippen LogP contribution in [-0.4, -0.2) is 63.7 Å². The molecule has 0 saturated carbocycles. The van der Waals surface area contributed by atoms with E-state index in [4.69, 9.17) is 4.74 Å². The zero-order chi connectivity index (χ0) is 24.0. The second-order valence-electron chi connectivity index (χ2n) is 9.32. The Hall–Kier alpha value is -3.35. The first-order valence-corrected chi connectivity index (χ1v) is 11.3. The number of carboxylic acids is 1. The molecule has 0 aliphatic carbocycles. The Labute approximate surface area is 195 Å². The third-order valence-corrected chi connectivity index (χ3v) is 5.66. The maximum atomic E-state index is 13.5. The second-order valence-corrected chi connectivity index (χ2v) is 9.32. The van der Waals surface area contributed by atoms with Crippen LogP contribution in [0.1, 0.15) is 49.5 Å². The maximum Gasteiger partial charge on any atom is 0.410 e. The number of rotatable bonds is 6. The number of likely N-dealkylation sites (tertiary alicyclic amines) is 1. The molecule has 1 aliphatic heterocycles. The van der Waals surface area contributed by atoms with Gasteiger partial charge in [-0.1, -0.05) is 48.5 Å². The third-order valence-electron chi connectivity index (χ3n) is 5.66. The lowest BCUT2D eigenvalue weighted by Crippen LogP contribution is -2.55. The number of aliphatic carboxylic acids is 1. The fourth-order valence-corrected chi connectivity index (χ4v) is 4.09. The van der Waals surface area contributed by atoms with Crippen molar-refractivity contribution in [2.75, 3.05) is 13.1 Å². The summed E-state index contributed by atoms with van der Waals surface area (Å²) in [5.41, 5.74) is 0.709. The van der Waals surface area contributed by atoms with Gasteiger partial charge in [0.1, 0.15) is 11.6 Å². The van der Waals surface area contributed by atoms with Gasteiger partial charge >= 0.3 is 12.1 Å². The molecule has 0 spiro atoms. The van der Waals surface area contributed by atoms with E-state index in [0.29, 0.717) is 31.5 Å². The van der Waals surface area contributed by atoms with Gasteiger partial charge in [-0.2, -0.15) is 0 Å². The maximum absolute atomic E-state index is 13.5. The number of carbonyl (C=O) groups is 3. The molecular weight excluding hydrogens is 420 g/mol. The van der Waals surface area contributed by atoms with E-state index in [-0.39, 0.29) is 24.5 Å². The number of carboxylic acid groups (broad SMARTS) is 1. The van der Waals surface area contributed by atoms with Crippen LogP contribution in [0.5, 0.6) is 0 Å². The van der Waals surface area contributed by atoms with Crippen molar-refractivity contribution in [3.05, 3.63) is 71.8 Å². The first-order chi connectivity index (χ1) is 15.7. The van der Waals surface area contributed by atoms with Gasteiger partial charge in [-0.15, -0.1) is 0 Å². The van der Waals surface area contributed by atoms with Crippen molar-refractivity contribution in [3.8, 4) is 0 Å². The fourth-order valence-electron chi connectivity index (χ4n) is 4.09. The summed E-state index contributed by atoms with van der Waals surface area (Å²) in [5, 5.41) is 10.1. The molecule has 7 heteroatoms. The molecule has 33 heavy (non-hydrogen) atoms. The number of carbonyl (C=O) groups excluding carboxylic acids is 2. The quantitative estimate of drug-likeness (QED) is 0.709. The van der Waals surface area contributed by atoms with Crippen LogP contribution in [0, 0.1) is 0 Å². The highest BCUT2D eigenvalue weighted by Gasteiger charge is 2.38. The Kier molecular flexibility index (Phi) is 7.74. The Balaban J connectivity index is 1.84. The van der Waals surface area contributed by atoms with E-state index in [0.717, 1.165) is 5.56 Å². The van der Waals surface area contributed by atoms with Crippen molar-refractivity contribution in [3.63, 3.8) is 0 Å². The molecule has 2 aromatic carbocycles. The van der Waals surface area contributed by atoms with Gasteiger partial charge in [0.25, 0.3) is 5.91 Å². The molecule has 0 radical (unpaired) electrons. The molecule has 1 fully saturated rings. The predicted octanol–water partition coefficient (Wildman–Crippen LogP) is 4.22. The first kappa shape index (κ1) is 24.3. The SMILES string of the molecule is CC(C)(C)OC(=O)N1CCC(N(C(=O)c2ccccc2)[C@@H](Cc2ccccc2)C(=O)O)CC1. The predicted molar refractivity (Wildman–Crippen MR) is 125 cm³/mol. The van der Waals surface area contributed by atoms with Gasteiger partial charge < -0.3 is 19.6 Å². The van der Waals surface area contributed by atoms with Crippen LogP contribution in [0.15, 0.2) is 60.7 Å². The Morgan fingerprint density at radius 2 is 1.55 bits per heavy atom. The largest absolute Gasteiger partial charge is 0.480 e. The van der Waals surface area contributed by atoms with Crippen molar-refractivity contribution < 1.29 is 24.2 Å². The standard InChI is InChI=1S/C26H32N2O5/c1-26(2,3)33-25(32)27-16-14-21(15-17-27)28(23(29)20-12-8-5-9-13-20)22(24(30)31)18-19-10-6-4-7-11-19/h4-13,21-22H,14-18H2,1-3H3,(H,30,31)/t22-/m0/s1. The molecule has 1 heterocycles. The summed E-state index contributed by atoms with van der Waals surface area (Å²) in [6.07, 6.45) is 0.786. The third kappa shape index (κ3) is 6.57. The van der Waals surface area contributed by atoms with Crippen LogP contribution in [0.3, 0.4) is 0 Å². The lowest BCUT2D eigenvalue weighted by atomic mass is 9.96. The van der Waals surface area contributed by atoms with Crippen molar-refractivity contribution in [1.29, 1.82) is 0 Å². The molecule has 0 bridgehead atoms. The molecule has 1 aliphatic rings. The number of hydrogen-bond donors (Lipinski definition) is 1. The molecule has 0 aromatic heterocycles. The lowest BCUT2D eigenvalue weighted by Gasteiger charge is -2.41. The number of ether oxygens (including phenoxy) is 1. The molecule has 1 N–H and O–H groups in total. The van der Waals surface area contributed by atoms with Gasteiger partial charge in [-0.25, -0.2) is 9.59 Å². The van der Waals surface area contributed by atoms with E-state index in [1.807, 2.05) is 57.2 Å². The van der Waals surface area contributed by atoms with Gasteiger partial charge in [0.05, 0.1) is 0 Å². The van der Waals surface area contributed by atoms with Crippen LogP contribution >= 0.6 is 0 Å². The number of piperidine rings is 1. The first-order valence-electron chi connectivity index (χ1n) is 11.3. The molecule has 2 amide bonds. The zero-order valence-electron chi connectivity index (χ0n) is 19.4. The van der Waals surface area contributed by atoms with E-state index >= 15 is 0 Å². The van der Waals surface area contributed by atoms with Crippen LogP contribution in [0.4, 0.5) is 4.79 Å². The average Bonchev–Trinajstić information content (AvgIpc) is 2.79. The van der Waals surface area contributed by atoms with Crippen LogP contribution in [0.25, 0.3) is 0 Å². The number of benzene rings is 2. The highest BCUT2D eigenvalue weighted by molar-refractivity contribution is 5.97. The summed E-state index contributed by atoms with van der Waals surface area (Å²) in [4.78, 5) is 41.5. The van der Waals surface area contributed by atoms with Crippen LogP contribution in [-0.2, 0) is 16.0 Å². The highest BCUT2D eigenvalue weighted by Crippen LogP contribution is 2.25. The van der Waals surface area contributed by atoms with Crippen molar-refractivity contribution >= 4 is 18.0 Å². The molecule has 1 atom stereocenters. The molecule has 176 valence electrons. The summed E-state index contributed by atoms with van der Waals surface area (Å²) in [6.45, 7) is 6.25. The normalized spacial score (nSPS) is 15.5. The van der Waals surface area contributed by atoms with E-state index < -0.39 is 17.6 Å². The number of nitrogens with zero attached hydrogens (tertiary/aromatic N) is 2. The van der Waals surface area contributed by atoms with E-state index in [1.165, 1.54) is 4.90 Å². The summed E-state index contributed by atoms with van der Waals surface area (Å²) in [6, 6.07) is 16.8. The van der Waals surface area contributed by atoms with Crippen molar-refractivity contribution in [2.24, 2.45) is 0 Å². The van der Waals surface area contributed by atoms with Gasteiger partial charge in [-0.3, -0.25) is 4.79 Å². The second kappa shape index (κ2) is 10.5. The fraction of sp³-hybridized carbons (Fsp3) is 0.423. The molecule has 2 aromatic rings. The van der Waals surface area contributed by atoms with Gasteiger partial charge in [-0.05, 0) is 51.3 Å². The molecule has 3 rings (SSSR count). The molecule has 7 nitrogen and oxygen atoms in total. The Morgan fingerprint density at radius 3 is 2.06 bits per heavy atom. The van der Waals surface area contributed by atoms with E-state index in [2.05, 4.69) is 0 Å².